The molecule has 0 saturated heterocycles. The molecule has 0 spiro atoms. The number of hydrogen-bond donors (Lipinski definition) is 2. The smallest absolute Gasteiger partial charge is 0.274 e. The number of amides is 2. The summed E-state index contributed by atoms with van der Waals surface area (Å²) in [6.45, 7) is 3.14. The van der Waals surface area contributed by atoms with E-state index in [1.807, 2.05) is 0 Å². The Morgan fingerprint density at radius 3 is 2.45 bits per heavy atom. The third-order valence-electron chi connectivity index (χ3n) is 2.45. The van der Waals surface area contributed by atoms with Crippen LogP contribution in [-0.4, -0.2) is 21.8 Å². The maximum absolute atomic E-state index is 12.0. The Balaban J connectivity index is 2.13. The number of nitrogens with one attached hydrogen (secondary N) is 2. The van der Waals surface area contributed by atoms with Crippen LogP contribution in [0.4, 0.5) is 11.4 Å². The monoisotopic (exact) mass is 270 g/mol. The van der Waals surface area contributed by atoms with Gasteiger partial charge in [0.25, 0.3) is 5.91 Å². The molecule has 0 radical (unpaired) electrons. The molecule has 6 nitrogen and oxygen atoms in total. The molecular weight excluding hydrogens is 256 g/mol. The summed E-state index contributed by atoms with van der Waals surface area (Å²) in [5, 5.41) is 5.37. The Hall–Kier alpha value is -2.76. The van der Waals surface area contributed by atoms with Crippen LogP contribution in [0.3, 0.4) is 0 Å². The standard InChI is InChI=1S/C14H14N4O2/c1-9-15-7-6-13(16-9)14(20)18-12-5-3-4-11(8-12)17-10(2)19/h3-8H,1-2H3,(H,17,19)(H,18,20). The third-order valence-corrected chi connectivity index (χ3v) is 2.45. The molecule has 6 heteroatoms. The van der Waals surface area contributed by atoms with E-state index in [2.05, 4.69) is 20.6 Å². The highest BCUT2D eigenvalue weighted by molar-refractivity contribution is 6.03. The first-order valence-electron chi connectivity index (χ1n) is 6.03. The zero-order valence-corrected chi connectivity index (χ0v) is 11.2. The van der Waals surface area contributed by atoms with Crippen molar-refractivity contribution >= 4 is 23.2 Å². The Bertz CT molecular complexity index is 655. The first kappa shape index (κ1) is 13.7. The van der Waals surface area contributed by atoms with Crippen molar-refractivity contribution in [1.29, 1.82) is 0 Å². The van der Waals surface area contributed by atoms with Gasteiger partial charge in [0.2, 0.25) is 5.91 Å². The van der Waals surface area contributed by atoms with Crippen LogP contribution in [0, 0.1) is 6.92 Å². The Morgan fingerprint density at radius 1 is 1.10 bits per heavy atom. The summed E-state index contributed by atoms with van der Waals surface area (Å²) in [5.74, 6) is 0.0417. The van der Waals surface area contributed by atoms with E-state index in [-0.39, 0.29) is 11.8 Å². The van der Waals surface area contributed by atoms with Crippen LogP contribution in [0.1, 0.15) is 23.2 Å². The fourth-order valence-electron chi connectivity index (χ4n) is 1.66. The molecule has 0 aliphatic heterocycles. The molecule has 2 N–H and O–H groups in total. The van der Waals surface area contributed by atoms with Crippen LogP contribution in [-0.2, 0) is 4.79 Å². The molecule has 2 rings (SSSR count). The summed E-state index contributed by atoms with van der Waals surface area (Å²) in [7, 11) is 0. The van der Waals surface area contributed by atoms with Crippen molar-refractivity contribution in [3.8, 4) is 0 Å². The lowest BCUT2D eigenvalue weighted by Gasteiger charge is -2.07. The molecule has 20 heavy (non-hydrogen) atoms. The van der Waals surface area contributed by atoms with E-state index < -0.39 is 0 Å². The predicted molar refractivity (Wildman–Crippen MR) is 75.5 cm³/mol. The van der Waals surface area contributed by atoms with E-state index in [0.29, 0.717) is 22.9 Å². The van der Waals surface area contributed by atoms with Crippen LogP contribution < -0.4 is 10.6 Å². The number of hydrogen-bond acceptors (Lipinski definition) is 4. The molecule has 0 aliphatic rings. The Labute approximate surface area is 116 Å². The van der Waals surface area contributed by atoms with Gasteiger partial charge in [-0.05, 0) is 31.2 Å². The van der Waals surface area contributed by atoms with Gasteiger partial charge < -0.3 is 10.6 Å². The summed E-state index contributed by atoms with van der Waals surface area (Å²) in [6.07, 6.45) is 1.53. The summed E-state index contributed by atoms with van der Waals surface area (Å²) in [6, 6.07) is 8.43. The second-order valence-electron chi connectivity index (χ2n) is 4.21. The molecule has 0 bridgehead atoms. The molecule has 1 aromatic heterocycles. The molecule has 0 atom stereocenters. The fourth-order valence-corrected chi connectivity index (χ4v) is 1.66. The van der Waals surface area contributed by atoms with Gasteiger partial charge in [0.15, 0.2) is 0 Å². The first-order valence-corrected chi connectivity index (χ1v) is 6.03. The summed E-state index contributed by atoms with van der Waals surface area (Å²) in [4.78, 5) is 31.0. The minimum Gasteiger partial charge on any atom is -0.326 e. The average molecular weight is 270 g/mol. The maximum Gasteiger partial charge on any atom is 0.274 e. The molecule has 2 amide bonds. The zero-order valence-electron chi connectivity index (χ0n) is 11.2. The molecule has 0 unspecified atom stereocenters. The lowest BCUT2D eigenvalue weighted by atomic mass is 10.2. The zero-order chi connectivity index (χ0) is 14.5. The Morgan fingerprint density at radius 2 is 1.80 bits per heavy atom. The van der Waals surface area contributed by atoms with E-state index in [1.54, 1.807) is 37.3 Å². The minimum absolute atomic E-state index is 0.167. The largest absolute Gasteiger partial charge is 0.326 e. The van der Waals surface area contributed by atoms with Crippen LogP contribution in [0.2, 0.25) is 0 Å². The number of carbonyl (C=O) groups excluding carboxylic acids is 2. The lowest BCUT2D eigenvalue weighted by Crippen LogP contribution is -2.14. The lowest BCUT2D eigenvalue weighted by molar-refractivity contribution is -0.114. The molecule has 1 aromatic carbocycles. The molecule has 0 aliphatic carbocycles. The predicted octanol–water partition coefficient (Wildman–Crippen LogP) is 2.00. The number of carbonyl (C=O) groups is 2. The minimum atomic E-state index is -0.324. The molecule has 1 heterocycles. The van der Waals surface area contributed by atoms with Crippen molar-refractivity contribution < 1.29 is 9.59 Å². The van der Waals surface area contributed by atoms with Gasteiger partial charge in [0.05, 0.1) is 0 Å². The molecule has 102 valence electrons. The summed E-state index contributed by atoms with van der Waals surface area (Å²) in [5.41, 5.74) is 1.49. The normalized spacial score (nSPS) is 9.90. The van der Waals surface area contributed by atoms with E-state index in [1.165, 1.54) is 13.1 Å². The highest BCUT2D eigenvalue weighted by Gasteiger charge is 2.08. The topological polar surface area (TPSA) is 84.0 Å². The Kier molecular flexibility index (Phi) is 4.05. The number of anilines is 2. The molecule has 0 fully saturated rings. The third kappa shape index (κ3) is 3.61. The van der Waals surface area contributed by atoms with Gasteiger partial charge in [-0.15, -0.1) is 0 Å². The van der Waals surface area contributed by atoms with Crippen molar-refractivity contribution in [3.05, 3.63) is 48.0 Å². The van der Waals surface area contributed by atoms with Crippen molar-refractivity contribution in [1.82, 2.24) is 9.97 Å². The average Bonchev–Trinajstić information content (AvgIpc) is 2.38. The van der Waals surface area contributed by atoms with Gasteiger partial charge in [-0.2, -0.15) is 0 Å². The SMILES string of the molecule is CC(=O)Nc1cccc(NC(=O)c2ccnc(C)n2)c1. The van der Waals surface area contributed by atoms with Crippen LogP contribution in [0.15, 0.2) is 36.5 Å². The van der Waals surface area contributed by atoms with Crippen molar-refractivity contribution in [2.45, 2.75) is 13.8 Å². The molecule has 0 saturated carbocycles. The number of benzene rings is 1. The summed E-state index contributed by atoms with van der Waals surface area (Å²) >= 11 is 0. The second kappa shape index (κ2) is 5.92. The molecule has 2 aromatic rings. The van der Waals surface area contributed by atoms with Crippen LogP contribution in [0.5, 0.6) is 0 Å². The van der Waals surface area contributed by atoms with Crippen LogP contribution >= 0.6 is 0 Å². The van der Waals surface area contributed by atoms with Gasteiger partial charge in [0, 0.05) is 24.5 Å². The quantitative estimate of drug-likeness (QED) is 0.893. The number of aryl methyl sites for hydroxylation is 1. The van der Waals surface area contributed by atoms with Gasteiger partial charge in [-0.1, -0.05) is 6.07 Å². The van der Waals surface area contributed by atoms with Gasteiger partial charge in [-0.25, -0.2) is 9.97 Å². The van der Waals surface area contributed by atoms with Gasteiger partial charge >= 0.3 is 0 Å². The van der Waals surface area contributed by atoms with E-state index >= 15 is 0 Å². The fraction of sp³-hybridized carbons (Fsp3) is 0.143. The first-order chi connectivity index (χ1) is 9.54. The second-order valence-corrected chi connectivity index (χ2v) is 4.21. The van der Waals surface area contributed by atoms with Crippen molar-refractivity contribution in [3.63, 3.8) is 0 Å². The van der Waals surface area contributed by atoms with Gasteiger partial charge in [-0.3, -0.25) is 9.59 Å². The summed E-state index contributed by atoms with van der Waals surface area (Å²) < 4.78 is 0. The van der Waals surface area contributed by atoms with E-state index in [0.717, 1.165) is 0 Å². The highest BCUT2D eigenvalue weighted by Crippen LogP contribution is 2.15. The number of rotatable bonds is 3. The maximum atomic E-state index is 12.0. The molecular formula is C14H14N4O2. The van der Waals surface area contributed by atoms with Crippen molar-refractivity contribution in [2.75, 3.05) is 10.6 Å². The van der Waals surface area contributed by atoms with Crippen LogP contribution in [0.25, 0.3) is 0 Å². The van der Waals surface area contributed by atoms with Gasteiger partial charge in [0.1, 0.15) is 11.5 Å². The van der Waals surface area contributed by atoms with E-state index in [9.17, 15) is 9.59 Å². The number of nitrogens with zero attached hydrogens (tertiary/aromatic N) is 2. The number of aromatic nitrogens is 2. The van der Waals surface area contributed by atoms with Crippen molar-refractivity contribution in [2.24, 2.45) is 0 Å². The highest BCUT2D eigenvalue weighted by atomic mass is 16.2. The van der Waals surface area contributed by atoms with E-state index in [4.69, 9.17) is 0 Å².